The van der Waals surface area contributed by atoms with Gasteiger partial charge in [0.05, 0.1) is 5.56 Å². The Labute approximate surface area is 127 Å². The van der Waals surface area contributed by atoms with Gasteiger partial charge >= 0.3 is 11.6 Å². The molecule has 0 saturated heterocycles. The van der Waals surface area contributed by atoms with Crippen LogP contribution in [0.5, 0.6) is 0 Å². The topological polar surface area (TPSA) is 68.5 Å². The Kier molecular flexibility index (Phi) is 5.14. The third kappa shape index (κ3) is 4.09. The van der Waals surface area contributed by atoms with Crippen LogP contribution in [0.15, 0.2) is 45.8 Å². The van der Waals surface area contributed by atoms with Crippen molar-refractivity contribution in [1.82, 2.24) is 5.32 Å². The van der Waals surface area contributed by atoms with E-state index in [4.69, 9.17) is 9.15 Å². The minimum atomic E-state index is -0.429. The second-order valence-electron chi connectivity index (χ2n) is 4.61. The van der Waals surface area contributed by atoms with Crippen molar-refractivity contribution in [2.75, 3.05) is 13.7 Å². The van der Waals surface area contributed by atoms with Crippen LogP contribution in [0.3, 0.4) is 0 Å². The lowest BCUT2D eigenvalue weighted by Crippen LogP contribution is -2.03. The molecule has 5 nitrogen and oxygen atoms in total. The van der Waals surface area contributed by atoms with Crippen molar-refractivity contribution in [1.29, 1.82) is 0 Å². The number of carbonyl (C=O) groups excluding carboxylic acids is 1. The zero-order valence-corrected chi connectivity index (χ0v) is 12.5. The van der Waals surface area contributed by atoms with Crippen LogP contribution in [-0.4, -0.2) is 19.6 Å². The molecule has 1 N–H and O–H groups in total. The standard InChI is InChI=1S/C17H17NO4/c1-12(19)21-9-3-4-15-11-14-6-5-13(7-8-18-2)10-16(14)22-17(15)20/h3-8,10-11,18H,9H2,1-2H3/b4-3+,8-7+. The maximum Gasteiger partial charge on any atom is 0.343 e. The summed E-state index contributed by atoms with van der Waals surface area (Å²) >= 11 is 0. The number of fused-ring (bicyclic) bond motifs is 1. The highest BCUT2D eigenvalue weighted by molar-refractivity contribution is 5.81. The molecule has 5 heteroatoms. The van der Waals surface area contributed by atoms with E-state index in [1.165, 1.54) is 6.92 Å². The molecular formula is C17H17NO4. The fraction of sp³-hybridized carbons (Fsp3) is 0.176. The number of carbonyl (C=O) groups is 1. The summed E-state index contributed by atoms with van der Waals surface area (Å²) in [5.41, 5.74) is 1.45. The molecule has 22 heavy (non-hydrogen) atoms. The number of benzene rings is 1. The number of ether oxygens (including phenoxy) is 1. The Balaban J connectivity index is 2.27. The predicted octanol–water partition coefficient (Wildman–Crippen LogP) is 2.56. The molecule has 0 aliphatic carbocycles. The van der Waals surface area contributed by atoms with E-state index >= 15 is 0 Å². The monoisotopic (exact) mass is 299 g/mol. The van der Waals surface area contributed by atoms with Crippen molar-refractivity contribution in [3.8, 4) is 0 Å². The van der Waals surface area contributed by atoms with Crippen LogP contribution in [0.2, 0.25) is 0 Å². The average molecular weight is 299 g/mol. The molecule has 2 rings (SSSR count). The summed E-state index contributed by atoms with van der Waals surface area (Å²) in [7, 11) is 1.81. The second kappa shape index (κ2) is 7.26. The van der Waals surface area contributed by atoms with Crippen LogP contribution < -0.4 is 10.9 Å². The number of nitrogens with one attached hydrogen (secondary N) is 1. The first-order chi connectivity index (χ1) is 10.6. The van der Waals surface area contributed by atoms with Gasteiger partial charge in [0, 0.05) is 19.4 Å². The van der Waals surface area contributed by atoms with E-state index < -0.39 is 5.63 Å². The van der Waals surface area contributed by atoms with E-state index in [9.17, 15) is 9.59 Å². The highest BCUT2D eigenvalue weighted by Crippen LogP contribution is 2.17. The van der Waals surface area contributed by atoms with E-state index in [2.05, 4.69) is 5.32 Å². The molecular weight excluding hydrogens is 282 g/mol. The van der Waals surface area contributed by atoms with Gasteiger partial charge in [-0.3, -0.25) is 4.79 Å². The quantitative estimate of drug-likeness (QED) is 0.679. The van der Waals surface area contributed by atoms with Gasteiger partial charge in [0.25, 0.3) is 0 Å². The number of hydrogen-bond donors (Lipinski definition) is 1. The predicted molar refractivity (Wildman–Crippen MR) is 86.2 cm³/mol. The van der Waals surface area contributed by atoms with Gasteiger partial charge in [-0.15, -0.1) is 0 Å². The normalized spacial score (nSPS) is 11.4. The molecule has 0 saturated carbocycles. The molecule has 0 aliphatic heterocycles. The summed E-state index contributed by atoms with van der Waals surface area (Å²) in [5.74, 6) is -0.364. The van der Waals surface area contributed by atoms with Crippen molar-refractivity contribution < 1.29 is 13.9 Å². The Morgan fingerprint density at radius 3 is 2.86 bits per heavy atom. The van der Waals surface area contributed by atoms with E-state index in [0.717, 1.165) is 10.9 Å². The van der Waals surface area contributed by atoms with Gasteiger partial charge in [0.1, 0.15) is 12.2 Å². The van der Waals surface area contributed by atoms with Gasteiger partial charge in [-0.25, -0.2) is 4.79 Å². The van der Waals surface area contributed by atoms with Crippen LogP contribution in [0, 0.1) is 0 Å². The van der Waals surface area contributed by atoms with Crippen LogP contribution >= 0.6 is 0 Å². The van der Waals surface area contributed by atoms with Gasteiger partial charge in [-0.2, -0.15) is 0 Å². The molecule has 0 spiro atoms. The summed E-state index contributed by atoms with van der Waals surface area (Å²) in [6.45, 7) is 1.46. The third-order valence-corrected chi connectivity index (χ3v) is 2.91. The van der Waals surface area contributed by atoms with Crippen molar-refractivity contribution in [3.63, 3.8) is 0 Å². The molecule has 0 unspecified atom stereocenters. The van der Waals surface area contributed by atoms with Gasteiger partial charge in [0.2, 0.25) is 0 Å². The first-order valence-electron chi connectivity index (χ1n) is 6.82. The van der Waals surface area contributed by atoms with Crippen LogP contribution in [0.4, 0.5) is 0 Å². The van der Waals surface area contributed by atoms with Crippen molar-refractivity contribution in [2.24, 2.45) is 0 Å². The maximum absolute atomic E-state index is 11.9. The molecule has 0 aliphatic rings. The first-order valence-corrected chi connectivity index (χ1v) is 6.82. The molecule has 0 radical (unpaired) electrons. The van der Waals surface area contributed by atoms with Crippen molar-refractivity contribution in [3.05, 3.63) is 58.1 Å². The Hall–Kier alpha value is -2.82. The Morgan fingerprint density at radius 1 is 1.32 bits per heavy atom. The average Bonchev–Trinajstić information content (AvgIpc) is 2.49. The SMILES string of the molecule is CN/C=C/c1ccc2cc(/C=C/COC(C)=O)c(=O)oc2c1. The fourth-order valence-electron chi connectivity index (χ4n) is 1.88. The van der Waals surface area contributed by atoms with E-state index in [-0.39, 0.29) is 12.6 Å². The van der Waals surface area contributed by atoms with E-state index in [1.54, 1.807) is 30.5 Å². The van der Waals surface area contributed by atoms with Crippen LogP contribution in [-0.2, 0) is 9.53 Å². The van der Waals surface area contributed by atoms with Gasteiger partial charge < -0.3 is 14.5 Å². The Morgan fingerprint density at radius 2 is 2.14 bits per heavy atom. The summed E-state index contributed by atoms with van der Waals surface area (Å²) < 4.78 is 10.1. The molecule has 0 fully saturated rings. The fourth-order valence-corrected chi connectivity index (χ4v) is 1.88. The lowest BCUT2D eigenvalue weighted by molar-refractivity contribution is -0.139. The van der Waals surface area contributed by atoms with Crippen molar-refractivity contribution in [2.45, 2.75) is 6.92 Å². The molecule has 0 atom stereocenters. The van der Waals surface area contributed by atoms with Crippen LogP contribution in [0.1, 0.15) is 18.1 Å². The number of esters is 1. The molecule has 0 bridgehead atoms. The molecule has 0 amide bonds. The Bertz CT molecular complexity index is 787. The van der Waals surface area contributed by atoms with Gasteiger partial charge in [-0.05, 0) is 42.1 Å². The van der Waals surface area contributed by atoms with Crippen molar-refractivity contribution >= 4 is 29.1 Å². The minimum absolute atomic E-state index is 0.126. The van der Waals surface area contributed by atoms with Gasteiger partial charge in [-0.1, -0.05) is 12.1 Å². The smallest absolute Gasteiger partial charge is 0.343 e. The lowest BCUT2D eigenvalue weighted by atomic mass is 10.1. The molecule has 114 valence electrons. The first kappa shape index (κ1) is 15.6. The summed E-state index contributed by atoms with van der Waals surface area (Å²) in [6, 6.07) is 7.37. The molecule has 1 heterocycles. The van der Waals surface area contributed by atoms with Gasteiger partial charge in [0.15, 0.2) is 0 Å². The maximum atomic E-state index is 11.9. The zero-order chi connectivity index (χ0) is 15.9. The summed E-state index contributed by atoms with van der Waals surface area (Å²) in [5, 5.41) is 3.73. The molecule has 1 aromatic heterocycles. The van der Waals surface area contributed by atoms with E-state index in [0.29, 0.717) is 11.1 Å². The second-order valence-corrected chi connectivity index (χ2v) is 4.61. The summed E-state index contributed by atoms with van der Waals surface area (Å²) in [4.78, 5) is 22.6. The van der Waals surface area contributed by atoms with Crippen LogP contribution in [0.25, 0.3) is 23.1 Å². The third-order valence-electron chi connectivity index (χ3n) is 2.91. The van der Waals surface area contributed by atoms with E-state index in [1.807, 2.05) is 25.3 Å². The minimum Gasteiger partial charge on any atom is -0.462 e. The lowest BCUT2D eigenvalue weighted by Gasteiger charge is -2.01. The summed E-state index contributed by atoms with van der Waals surface area (Å²) in [6.07, 6.45) is 6.87. The zero-order valence-electron chi connectivity index (χ0n) is 12.5. The number of rotatable bonds is 5. The molecule has 2 aromatic rings. The highest BCUT2D eigenvalue weighted by atomic mass is 16.5. The molecule has 1 aromatic carbocycles. The highest BCUT2D eigenvalue weighted by Gasteiger charge is 2.03. The largest absolute Gasteiger partial charge is 0.462 e. The number of hydrogen-bond acceptors (Lipinski definition) is 5.